The number of pyridine rings is 1. The maximum absolute atomic E-state index is 13.3. The van der Waals surface area contributed by atoms with E-state index in [9.17, 15) is 4.39 Å². The molecule has 0 saturated heterocycles. The van der Waals surface area contributed by atoms with Crippen molar-refractivity contribution in [3.63, 3.8) is 0 Å². The predicted octanol–water partition coefficient (Wildman–Crippen LogP) is 3.69. The fourth-order valence-corrected chi connectivity index (χ4v) is 2.10. The molecule has 1 aromatic heterocycles. The van der Waals surface area contributed by atoms with E-state index in [1.54, 1.807) is 24.3 Å². The second-order valence-electron chi connectivity index (χ2n) is 3.44. The van der Waals surface area contributed by atoms with Crippen molar-refractivity contribution in [3.8, 4) is 11.3 Å². The Kier molecular flexibility index (Phi) is 3.62. The van der Waals surface area contributed by atoms with Crippen LogP contribution in [0.15, 0.2) is 30.3 Å². The molecule has 2 rings (SSSR count). The Morgan fingerprint density at radius 2 is 1.82 bits per heavy atom. The van der Waals surface area contributed by atoms with Crippen molar-refractivity contribution in [2.75, 3.05) is 0 Å². The number of hydrogen-bond acceptors (Lipinski definition) is 2. The average molecular weight is 272 g/mol. The highest BCUT2D eigenvalue weighted by molar-refractivity contribution is 6.39. The first kappa shape index (κ1) is 12.3. The lowest BCUT2D eigenvalue weighted by Crippen LogP contribution is -1.94. The van der Waals surface area contributed by atoms with Gasteiger partial charge in [0, 0.05) is 5.56 Å². The summed E-state index contributed by atoms with van der Waals surface area (Å²) in [6.07, 6.45) is 0. The summed E-state index contributed by atoms with van der Waals surface area (Å²) >= 11 is 12.0. The fraction of sp³-hybridized carbons (Fsp3) is 0.0833. The lowest BCUT2D eigenvalue weighted by atomic mass is 10.1. The molecule has 0 aliphatic rings. The van der Waals surface area contributed by atoms with Crippen LogP contribution in [0.4, 0.5) is 4.39 Å². The summed E-state index contributed by atoms with van der Waals surface area (Å²) in [5.41, 5.74) is 1.19. The lowest BCUT2D eigenvalue weighted by Gasteiger charge is -2.07. The first-order valence-corrected chi connectivity index (χ1v) is 5.59. The lowest BCUT2D eigenvalue weighted by molar-refractivity contribution is 0.281. The van der Waals surface area contributed by atoms with Gasteiger partial charge in [0.15, 0.2) is 0 Å². The Morgan fingerprint density at radius 1 is 1.18 bits per heavy atom. The van der Waals surface area contributed by atoms with E-state index in [-0.39, 0.29) is 6.61 Å². The van der Waals surface area contributed by atoms with Gasteiger partial charge in [0.1, 0.15) is 0 Å². The molecule has 0 fully saturated rings. The molecule has 1 N–H and O–H groups in total. The number of halogens is 3. The SMILES string of the molecule is OCc1cc(F)nc(-c2c(Cl)cccc2Cl)c1. The van der Waals surface area contributed by atoms with Crippen molar-refractivity contribution >= 4 is 23.2 Å². The minimum atomic E-state index is -0.678. The zero-order chi connectivity index (χ0) is 12.4. The number of rotatable bonds is 2. The van der Waals surface area contributed by atoms with Crippen molar-refractivity contribution in [2.24, 2.45) is 0 Å². The largest absolute Gasteiger partial charge is 0.392 e. The van der Waals surface area contributed by atoms with Gasteiger partial charge in [-0.25, -0.2) is 4.98 Å². The van der Waals surface area contributed by atoms with E-state index in [1.165, 1.54) is 0 Å². The third-order valence-electron chi connectivity index (χ3n) is 2.26. The van der Waals surface area contributed by atoms with Crippen LogP contribution in [0.25, 0.3) is 11.3 Å². The fourth-order valence-electron chi connectivity index (χ4n) is 1.51. The number of aliphatic hydroxyl groups is 1. The van der Waals surface area contributed by atoms with Gasteiger partial charge in [-0.1, -0.05) is 29.3 Å². The number of hydrogen-bond donors (Lipinski definition) is 1. The van der Waals surface area contributed by atoms with Crippen molar-refractivity contribution in [2.45, 2.75) is 6.61 Å². The van der Waals surface area contributed by atoms with Crippen LogP contribution in [-0.4, -0.2) is 10.1 Å². The Morgan fingerprint density at radius 3 is 2.41 bits per heavy atom. The molecule has 0 aliphatic carbocycles. The molecule has 0 atom stereocenters. The Labute approximate surface area is 108 Å². The van der Waals surface area contributed by atoms with E-state index >= 15 is 0 Å². The zero-order valence-electron chi connectivity index (χ0n) is 8.62. The topological polar surface area (TPSA) is 33.1 Å². The highest BCUT2D eigenvalue weighted by atomic mass is 35.5. The normalized spacial score (nSPS) is 10.6. The van der Waals surface area contributed by atoms with Crippen LogP contribution < -0.4 is 0 Å². The quantitative estimate of drug-likeness (QED) is 0.846. The van der Waals surface area contributed by atoms with E-state index in [0.717, 1.165) is 6.07 Å². The van der Waals surface area contributed by atoms with Crippen LogP contribution in [-0.2, 0) is 6.61 Å². The van der Waals surface area contributed by atoms with E-state index in [1.807, 2.05) is 0 Å². The van der Waals surface area contributed by atoms with Crippen molar-refractivity contribution in [1.29, 1.82) is 0 Å². The molecule has 1 heterocycles. The molecule has 17 heavy (non-hydrogen) atoms. The van der Waals surface area contributed by atoms with Crippen molar-refractivity contribution in [1.82, 2.24) is 4.98 Å². The van der Waals surface area contributed by atoms with Gasteiger partial charge in [0.05, 0.1) is 22.3 Å². The standard InChI is InChI=1S/C12H8Cl2FNO/c13-8-2-1-3-9(14)12(8)10-4-7(6-17)5-11(15)16-10/h1-5,17H,6H2. The minimum Gasteiger partial charge on any atom is -0.392 e. The summed E-state index contributed by atoms with van der Waals surface area (Å²) in [5, 5.41) is 9.79. The van der Waals surface area contributed by atoms with Crippen LogP contribution in [0, 0.1) is 5.95 Å². The van der Waals surface area contributed by atoms with Crippen LogP contribution in [0.2, 0.25) is 10.0 Å². The summed E-state index contributed by atoms with van der Waals surface area (Å²) in [5.74, 6) is -0.678. The summed E-state index contributed by atoms with van der Waals surface area (Å²) in [6.45, 7) is -0.269. The first-order chi connectivity index (χ1) is 8.11. The van der Waals surface area contributed by atoms with Crippen LogP contribution >= 0.6 is 23.2 Å². The van der Waals surface area contributed by atoms with Crippen LogP contribution in [0.1, 0.15) is 5.56 Å². The third kappa shape index (κ3) is 2.57. The summed E-state index contributed by atoms with van der Waals surface area (Å²) in [6, 6.07) is 7.70. The first-order valence-electron chi connectivity index (χ1n) is 4.83. The van der Waals surface area contributed by atoms with Gasteiger partial charge in [0.25, 0.3) is 0 Å². The van der Waals surface area contributed by atoms with Gasteiger partial charge in [-0.2, -0.15) is 4.39 Å². The highest BCUT2D eigenvalue weighted by Crippen LogP contribution is 2.33. The molecule has 1 aromatic carbocycles. The van der Waals surface area contributed by atoms with E-state index in [0.29, 0.717) is 26.9 Å². The molecule has 5 heteroatoms. The van der Waals surface area contributed by atoms with E-state index in [4.69, 9.17) is 28.3 Å². The minimum absolute atomic E-state index is 0.269. The molecule has 88 valence electrons. The van der Waals surface area contributed by atoms with Crippen LogP contribution in [0.5, 0.6) is 0 Å². The molecule has 0 spiro atoms. The van der Waals surface area contributed by atoms with Crippen molar-refractivity contribution in [3.05, 3.63) is 51.9 Å². The van der Waals surface area contributed by atoms with Crippen molar-refractivity contribution < 1.29 is 9.50 Å². The molecular formula is C12H8Cl2FNO. The number of aliphatic hydroxyl groups excluding tert-OH is 1. The highest BCUT2D eigenvalue weighted by Gasteiger charge is 2.11. The van der Waals surface area contributed by atoms with E-state index < -0.39 is 5.95 Å². The van der Waals surface area contributed by atoms with Gasteiger partial charge in [-0.15, -0.1) is 0 Å². The summed E-state index contributed by atoms with van der Waals surface area (Å²) < 4.78 is 13.3. The zero-order valence-corrected chi connectivity index (χ0v) is 10.1. The Balaban J connectivity index is 2.64. The monoisotopic (exact) mass is 271 g/mol. The molecule has 2 aromatic rings. The molecule has 0 aliphatic heterocycles. The Bertz CT molecular complexity index is 540. The third-order valence-corrected chi connectivity index (χ3v) is 2.89. The summed E-state index contributed by atoms with van der Waals surface area (Å²) in [7, 11) is 0. The number of benzene rings is 1. The predicted molar refractivity (Wildman–Crippen MR) is 65.6 cm³/mol. The Hall–Kier alpha value is -1.16. The molecular weight excluding hydrogens is 264 g/mol. The molecule has 0 amide bonds. The van der Waals surface area contributed by atoms with Gasteiger partial charge in [-0.05, 0) is 29.8 Å². The average Bonchev–Trinajstić information content (AvgIpc) is 2.28. The molecule has 0 radical (unpaired) electrons. The maximum Gasteiger partial charge on any atom is 0.213 e. The van der Waals surface area contributed by atoms with Gasteiger partial charge >= 0.3 is 0 Å². The molecule has 0 saturated carbocycles. The van der Waals surface area contributed by atoms with Gasteiger partial charge in [-0.3, -0.25) is 0 Å². The van der Waals surface area contributed by atoms with Crippen LogP contribution in [0.3, 0.4) is 0 Å². The molecule has 2 nitrogen and oxygen atoms in total. The second kappa shape index (κ2) is 5.00. The summed E-state index contributed by atoms with van der Waals surface area (Å²) in [4.78, 5) is 3.73. The number of nitrogens with zero attached hydrogens (tertiary/aromatic N) is 1. The van der Waals surface area contributed by atoms with Gasteiger partial charge < -0.3 is 5.11 Å². The smallest absolute Gasteiger partial charge is 0.213 e. The second-order valence-corrected chi connectivity index (χ2v) is 4.25. The van der Waals surface area contributed by atoms with E-state index in [2.05, 4.69) is 4.98 Å². The molecule has 0 unspecified atom stereocenters. The maximum atomic E-state index is 13.3. The molecule has 0 bridgehead atoms. The number of aromatic nitrogens is 1. The van der Waals surface area contributed by atoms with Gasteiger partial charge in [0.2, 0.25) is 5.95 Å².